The normalized spacial score (nSPS) is 12.6. The minimum atomic E-state index is 0.207. The van der Waals surface area contributed by atoms with Gasteiger partial charge in [0.15, 0.2) is 0 Å². The summed E-state index contributed by atoms with van der Waals surface area (Å²) in [6.45, 7) is 2.85. The molecular weight excluding hydrogens is 269 g/mol. The highest BCUT2D eigenvalue weighted by Gasteiger charge is 2.12. The molecule has 1 aromatic heterocycles. The molecule has 0 saturated heterocycles. The monoisotopic (exact) mass is 283 g/mol. The van der Waals surface area contributed by atoms with E-state index >= 15 is 0 Å². The lowest BCUT2D eigenvalue weighted by molar-refractivity contribution is 0.515. The fourth-order valence-electron chi connectivity index (χ4n) is 1.87. The molecule has 96 valence electrons. The van der Waals surface area contributed by atoms with Crippen molar-refractivity contribution in [2.75, 3.05) is 0 Å². The van der Waals surface area contributed by atoms with Crippen LogP contribution in [0.1, 0.15) is 30.6 Å². The number of hydrogen-bond donors (Lipinski definition) is 2. The molecule has 0 radical (unpaired) electrons. The number of aromatic nitrogens is 2. The first-order valence-electron chi connectivity index (χ1n) is 5.86. The molecule has 0 bridgehead atoms. The van der Waals surface area contributed by atoms with E-state index in [4.69, 9.17) is 23.2 Å². The van der Waals surface area contributed by atoms with Gasteiger partial charge in [-0.05, 0) is 24.1 Å². The zero-order valence-electron chi connectivity index (χ0n) is 10.1. The second-order valence-electron chi connectivity index (χ2n) is 4.08. The van der Waals surface area contributed by atoms with Crippen LogP contribution in [0.2, 0.25) is 10.0 Å². The van der Waals surface area contributed by atoms with Crippen molar-refractivity contribution in [2.24, 2.45) is 0 Å². The van der Waals surface area contributed by atoms with Crippen LogP contribution >= 0.6 is 23.2 Å². The number of aromatic amines is 1. The maximum absolute atomic E-state index is 6.22. The highest BCUT2D eigenvalue weighted by Crippen LogP contribution is 2.28. The van der Waals surface area contributed by atoms with Crippen molar-refractivity contribution in [3.05, 3.63) is 52.0 Å². The zero-order valence-corrected chi connectivity index (χ0v) is 11.6. The third-order valence-corrected chi connectivity index (χ3v) is 3.40. The molecule has 18 heavy (non-hydrogen) atoms. The molecule has 0 spiro atoms. The smallest absolute Gasteiger partial charge is 0.0922 e. The summed E-state index contributed by atoms with van der Waals surface area (Å²) in [4.78, 5) is 7.05. The molecule has 0 amide bonds. The number of halogens is 2. The van der Waals surface area contributed by atoms with Gasteiger partial charge in [-0.1, -0.05) is 36.2 Å². The second-order valence-corrected chi connectivity index (χ2v) is 4.93. The largest absolute Gasteiger partial charge is 0.347 e. The van der Waals surface area contributed by atoms with Crippen molar-refractivity contribution in [1.29, 1.82) is 0 Å². The first kappa shape index (κ1) is 13.4. The molecule has 1 unspecified atom stereocenters. The molecule has 0 fully saturated rings. The van der Waals surface area contributed by atoms with E-state index in [1.165, 1.54) is 0 Å². The molecule has 0 aliphatic carbocycles. The minimum absolute atomic E-state index is 0.207. The van der Waals surface area contributed by atoms with Crippen molar-refractivity contribution in [3.8, 4) is 0 Å². The van der Waals surface area contributed by atoms with Gasteiger partial charge in [0.1, 0.15) is 0 Å². The second kappa shape index (κ2) is 6.23. The summed E-state index contributed by atoms with van der Waals surface area (Å²) in [6, 6.07) is 5.82. The third-order valence-electron chi connectivity index (χ3n) is 2.84. The lowest BCUT2D eigenvalue weighted by atomic mass is 10.0. The van der Waals surface area contributed by atoms with Crippen LogP contribution in [0.25, 0.3) is 0 Å². The summed E-state index contributed by atoms with van der Waals surface area (Å²) in [7, 11) is 0. The zero-order chi connectivity index (χ0) is 13.0. The summed E-state index contributed by atoms with van der Waals surface area (Å²) in [5.74, 6) is 0. The number of benzene rings is 1. The molecule has 0 saturated carbocycles. The summed E-state index contributed by atoms with van der Waals surface area (Å²) >= 11 is 12.1. The van der Waals surface area contributed by atoms with E-state index in [0.29, 0.717) is 10.0 Å². The van der Waals surface area contributed by atoms with Crippen LogP contribution in [0.4, 0.5) is 0 Å². The van der Waals surface area contributed by atoms with Gasteiger partial charge >= 0.3 is 0 Å². The molecule has 0 aliphatic heterocycles. The van der Waals surface area contributed by atoms with Gasteiger partial charge in [-0.25, -0.2) is 4.98 Å². The van der Waals surface area contributed by atoms with Crippen molar-refractivity contribution < 1.29 is 0 Å². The Morgan fingerprint density at radius 2 is 2.22 bits per heavy atom. The van der Waals surface area contributed by atoms with Crippen molar-refractivity contribution >= 4 is 23.2 Å². The predicted octanol–water partition coefficient (Wildman–Crippen LogP) is 3.96. The summed E-state index contributed by atoms with van der Waals surface area (Å²) in [6.07, 6.45) is 4.44. The maximum atomic E-state index is 6.22. The molecule has 2 aromatic rings. The van der Waals surface area contributed by atoms with E-state index in [1.807, 2.05) is 18.3 Å². The first-order chi connectivity index (χ1) is 8.70. The van der Waals surface area contributed by atoms with Crippen LogP contribution in [0.15, 0.2) is 30.7 Å². The van der Waals surface area contributed by atoms with Crippen LogP contribution in [0.3, 0.4) is 0 Å². The molecule has 1 heterocycles. The summed E-state index contributed by atoms with van der Waals surface area (Å²) in [5.41, 5.74) is 2.13. The van der Waals surface area contributed by atoms with Gasteiger partial charge in [0.2, 0.25) is 0 Å². The molecular formula is C13H15Cl2N3. The van der Waals surface area contributed by atoms with E-state index in [0.717, 1.165) is 24.2 Å². The van der Waals surface area contributed by atoms with Crippen molar-refractivity contribution in [2.45, 2.75) is 25.9 Å². The number of H-pyrrole nitrogens is 1. The van der Waals surface area contributed by atoms with Gasteiger partial charge in [-0.15, -0.1) is 0 Å². The highest BCUT2D eigenvalue weighted by atomic mass is 35.5. The predicted molar refractivity (Wildman–Crippen MR) is 74.9 cm³/mol. The third kappa shape index (κ3) is 3.25. The average Bonchev–Trinajstić information content (AvgIpc) is 2.85. The number of rotatable bonds is 5. The van der Waals surface area contributed by atoms with Crippen LogP contribution in [0, 0.1) is 0 Å². The van der Waals surface area contributed by atoms with E-state index in [9.17, 15) is 0 Å². The summed E-state index contributed by atoms with van der Waals surface area (Å²) in [5, 5.41) is 4.81. The maximum Gasteiger partial charge on any atom is 0.0922 e. The Morgan fingerprint density at radius 1 is 1.39 bits per heavy atom. The average molecular weight is 284 g/mol. The molecule has 1 atom stereocenters. The SMILES string of the molecule is CCC(NCc1cnc[nH]1)c1ccc(Cl)cc1Cl. The fraction of sp³-hybridized carbons (Fsp3) is 0.308. The number of nitrogens with one attached hydrogen (secondary N) is 2. The topological polar surface area (TPSA) is 40.7 Å². The van der Waals surface area contributed by atoms with Crippen LogP contribution < -0.4 is 5.32 Å². The number of imidazole rings is 1. The van der Waals surface area contributed by atoms with Crippen molar-refractivity contribution in [3.63, 3.8) is 0 Å². The van der Waals surface area contributed by atoms with Crippen LogP contribution in [0.5, 0.6) is 0 Å². The Morgan fingerprint density at radius 3 is 2.83 bits per heavy atom. The lowest BCUT2D eigenvalue weighted by Crippen LogP contribution is -2.20. The van der Waals surface area contributed by atoms with Crippen LogP contribution in [-0.4, -0.2) is 9.97 Å². The number of hydrogen-bond acceptors (Lipinski definition) is 2. The first-order valence-corrected chi connectivity index (χ1v) is 6.62. The van der Waals surface area contributed by atoms with Gasteiger partial charge in [-0.3, -0.25) is 0 Å². The lowest BCUT2D eigenvalue weighted by Gasteiger charge is -2.18. The molecule has 1 aromatic carbocycles. The highest BCUT2D eigenvalue weighted by molar-refractivity contribution is 6.35. The number of nitrogens with zero attached hydrogens (tertiary/aromatic N) is 1. The molecule has 0 aliphatic rings. The Kier molecular flexibility index (Phi) is 4.64. The molecule has 2 N–H and O–H groups in total. The van der Waals surface area contributed by atoms with E-state index in [1.54, 1.807) is 12.4 Å². The Bertz CT molecular complexity index is 497. The Hall–Kier alpha value is -1.03. The molecule has 5 heteroatoms. The van der Waals surface area contributed by atoms with Crippen molar-refractivity contribution in [1.82, 2.24) is 15.3 Å². The van der Waals surface area contributed by atoms with E-state index in [-0.39, 0.29) is 6.04 Å². The van der Waals surface area contributed by atoms with Gasteiger partial charge in [0.05, 0.1) is 6.33 Å². The molecule has 3 nitrogen and oxygen atoms in total. The van der Waals surface area contributed by atoms with Gasteiger partial charge < -0.3 is 10.3 Å². The van der Waals surface area contributed by atoms with Gasteiger partial charge in [-0.2, -0.15) is 0 Å². The Balaban J connectivity index is 2.08. The van der Waals surface area contributed by atoms with Crippen LogP contribution in [-0.2, 0) is 6.54 Å². The molecule has 2 rings (SSSR count). The Labute approximate surface area is 117 Å². The van der Waals surface area contributed by atoms with E-state index in [2.05, 4.69) is 22.2 Å². The minimum Gasteiger partial charge on any atom is -0.347 e. The van der Waals surface area contributed by atoms with Gasteiger partial charge in [0, 0.05) is 34.5 Å². The fourth-order valence-corrected chi connectivity index (χ4v) is 2.41. The standard InChI is InChI=1S/C13H15Cl2N3/c1-2-13(17-7-10-6-16-8-18-10)11-4-3-9(14)5-12(11)15/h3-6,8,13,17H,2,7H2,1H3,(H,16,18). The van der Waals surface area contributed by atoms with Gasteiger partial charge in [0.25, 0.3) is 0 Å². The quantitative estimate of drug-likeness (QED) is 0.872. The van der Waals surface area contributed by atoms with E-state index < -0.39 is 0 Å². The summed E-state index contributed by atoms with van der Waals surface area (Å²) < 4.78 is 0.